The van der Waals surface area contributed by atoms with Crippen molar-refractivity contribution in [1.29, 1.82) is 0 Å². The van der Waals surface area contributed by atoms with Crippen molar-refractivity contribution in [1.82, 2.24) is 0 Å². The first-order chi connectivity index (χ1) is 8.73. The number of rotatable bonds is 3. The molecule has 2 N–H and O–H groups in total. The van der Waals surface area contributed by atoms with Gasteiger partial charge in [-0.2, -0.15) is 0 Å². The minimum absolute atomic E-state index is 0.0415. The van der Waals surface area contributed by atoms with Gasteiger partial charge in [-0.3, -0.25) is 5.32 Å². The van der Waals surface area contributed by atoms with E-state index in [1.807, 2.05) is 52.8 Å². The third kappa shape index (κ3) is 4.91. The molecule has 0 heterocycles. The summed E-state index contributed by atoms with van der Waals surface area (Å²) in [5.74, 6) is 0.0415. The number of nitrogens with one attached hydrogen (secondary N) is 1. The lowest BCUT2D eigenvalue weighted by atomic mass is 10.00. The Bertz CT molecular complexity index is 449. The number of hydrogen-bond donors (Lipinski definition) is 2. The zero-order valence-corrected chi connectivity index (χ0v) is 12.3. The fourth-order valence-corrected chi connectivity index (χ4v) is 1.60. The van der Waals surface area contributed by atoms with Crippen LogP contribution < -0.4 is 5.32 Å². The Balaban J connectivity index is 2.85. The number of benzene rings is 1. The first-order valence-corrected chi connectivity index (χ1v) is 6.44. The number of carbonyl (C=O) groups excluding carboxylic acids is 1. The average molecular weight is 265 g/mol. The molecule has 0 aliphatic heterocycles. The van der Waals surface area contributed by atoms with Crippen LogP contribution in [0.25, 0.3) is 0 Å². The maximum atomic E-state index is 11.7. The van der Waals surface area contributed by atoms with Crippen LogP contribution in [0.15, 0.2) is 18.2 Å². The summed E-state index contributed by atoms with van der Waals surface area (Å²) in [5.41, 5.74) is 2.14. The van der Waals surface area contributed by atoms with Crippen molar-refractivity contribution < 1.29 is 14.6 Å². The highest BCUT2D eigenvalue weighted by atomic mass is 16.6. The number of aliphatic hydroxyl groups is 1. The van der Waals surface area contributed by atoms with Crippen molar-refractivity contribution in [2.24, 2.45) is 0 Å². The quantitative estimate of drug-likeness (QED) is 0.880. The van der Waals surface area contributed by atoms with Gasteiger partial charge in [0.05, 0.1) is 0 Å². The smallest absolute Gasteiger partial charge is 0.412 e. The van der Waals surface area contributed by atoms with Crippen molar-refractivity contribution in [3.8, 4) is 0 Å². The Labute approximate surface area is 114 Å². The van der Waals surface area contributed by atoms with Gasteiger partial charge in [0.25, 0.3) is 0 Å². The standard InChI is InChI=1S/C15H23NO3/c1-10-6-7-12(11(2)9-17)8-13(10)16-14(18)19-15(3,4)5/h6-8,11,17H,9H2,1-5H3,(H,16,18). The molecule has 4 nitrogen and oxygen atoms in total. The van der Waals surface area contributed by atoms with Gasteiger partial charge in [-0.05, 0) is 44.9 Å². The Kier molecular flexibility index (Phi) is 4.95. The van der Waals surface area contributed by atoms with Gasteiger partial charge in [-0.15, -0.1) is 0 Å². The largest absolute Gasteiger partial charge is 0.444 e. The second-order valence-electron chi connectivity index (χ2n) is 5.78. The van der Waals surface area contributed by atoms with Gasteiger partial charge >= 0.3 is 6.09 Å². The number of aryl methyl sites for hydroxylation is 1. The molecule has 1 rings (SSSR count). The molecule has 19 heavy (non-hydrogen) atoms. The molecule has 1 aromatic carbocycles. The molecule has 106 valence electrons. The average Bonchev–Trinajstić information content (AvgIpc) is 2.28. The summed E-state index contributed by atoms with van der Waals surface area (Å²) < 4.78 is 5.22. The van der Waals surface area contributed by atoms with Crippen LogP contribution in [-0.4, -0.2) is 23.4 Å². The fraction of sp³-hybridized carbons (Fsp3) is 0.533. The molecule has 0 saturated carbocycles. The number of hydrogen-bond acceptors (Lipinski definition) is 3. The van der Waals surface area contributed by atoms with Crippen LogP contribution in [0.5, 0.6) is 0 Å². The van der Waals surface area contributed by atoms with E-state index >= 15 is 0 Å². The SMILES string of the molecule is Cc1ccc(C(C)CO)cc1NC(=O)OC(C)(C)C. The Hall–Kier alpha value is -1.55. The van der Waals surface area contributed by atoms with Gasteiger partial charge in [-0.1, -0.05) is 19.1 Å². The summed E-state index contributed by atoms with van der Waals surface area (Å²) in [4.78, 5) is 11.7. The van der Waals surface area contributed by atoms with Crippen molar-refractivity contribution in [2.45, 2.75) is 46.1 Å². The van der Waals surface area contributed by atoms with E-state index in [0.717, 1.165) is 11.1 Å². The fourth-order valence-electron chi connectivity index (χ4n) is 1.60. The van der Waals surface area contributed by atoms with Crippen molar-refractivity contribution in [3.05, 3.63) is 29.3 Å². The van der Waals surface area contributed by atoms with Gasteiger partial charge in [0.2, 0.25) is 0 Å². The van der Waals surface area contributed by atoms with Crippen LogP contribution >= 0.6 is 0 Å². The second-order valence-corrected chi connectivity index (χ2v) is 5.78. The summed E-state index contributed by atoms with van der Waals surface area (Å²) in [7, 11) is 0. The van der Waals surface area contributed by atoms with Crippen molar-refractivity contribution in [3.63, 3.8) is 0 Å². The Morgan fingerprint density at radius 1 is 1.42 bits per heavy atom. The zero-order valence-electron chi connectivity index (χ0n) is 12.3. The van der Waals surface area contributed by atoms with Crippen LogP contribution in [0, 0.1) is 6.92 Å². The predicted molar refractivity (Wildman–Crippen MR) is 76.5 cm³/mol. The predicted octanol–water partition coefficient (Wildman–Crippen LogP) is 3.44. The highest BCUT2D eigenvalue weighted by molar-refractivity contribution is 5.86. The van der Waals surface area contributed by atoms with Gasteiger partial charge in [-0.25, -0.2) is 4.79 Å². The van der Waals surface area contributed by atoms with Gasteiger partial charge in [0, 0.05) is 18.2 Å². The van der Waals surface area contributed by atoms with E-state index in [2.05, 4.69) is 5.32 Å². The Morgan fingerprint density at radius 2 is 2.05 bits per heavy atom. The lowest BCUT2D eigenvalue weighted by molar-refractivity contribution is 0.0636. The van der Waals surface area contributed by atoms with E-state index in [4.69, 9.17) is 4.74 Å². The highest BCUT2D eigenvalue weighted by Crippen LogP contribution is 2.23. The van der Waals surface area contributed by atoms with E-state index in [0.29, 0.717) is 5.69 Å². The first kappa shape index (κ1) is 15.5. The molecule has 0 fully saturated rings. The number of amides is 1. The van der Waals surface area contributed by atoms with Crippen molar-refractivity contribution in [2.75, 3.05) is 11.9 Å². The van der Waals surface area contributed by atoms with Gasteiger partial charge in [0.1, 0.15) is 5.60 Å². The number of carbonyl (C=O) groups is 1. The molecule has 0 bridgehead atoms. The molecule has 1 aromatic rings. The molecule has 1 unspecified atom stereocenters. The number of ether oxygens (including phenoxy) is 1. The summed E-state index contributed by atoms with van der Waals surface area (Å²) in [6.07, 6.45) is -0.468. The second kappa shape index (κ2) is 6.06. The Morgan fingerprint density at radius 3 is 2.58 bits per heavy atom. The molecule has 1 amide bonds. The lowest BCUT2D eigenvalue weighted by Gasteiger charge is -2.20. The monoisotopic (exact) mass is 265 g/mol. The molecule has 1 atom stereocenters. The molecule has 0 radical (unpaired) electrons. The molecular formula is C15H23NO3. The van der Waals surface area contributed by atoms with Crippen LogP contribution in [0.3, 0.4) is 0 Å². The zero-order chi connectivity index (χ0) is 14.6. The molecule has 0 aliphatic carbocycles. The van der Waals surface area contributed by atoms with Crippen LogP contribution in [0.4, 0.5) is 10.5 Å². The molecule has 0 spiro atoms. The molecule has 0 aliphatic rings. The maximum absolute atomic E-state index is 11.7. The number of aliphatic hydroxyl groups excluding tert-OH is 1. The van der Waals surface area contributed by atoms with Gasteiger partial charge in [0.15, 0.2) is 0 Å². The number of anilines is 1. The maximum Gasteiger partial charge on any atom is 0.412 e. The highest BCUT2D eigenvalue weighted by Gasteiger charge is 2.17. The van der Waals surface area contributed by atoms with E-state index in [9.17, 15) is 9.90 Å². The summed E-state index contributed by atoms with van der Waals surface area (Å²) in [6.45, 7) is 9.40. The van der Waals surface area contributed by atoms with E-state index in [1.54, 1.807) is 0 Å². The minimum Gasteiger partial charge on any atom is -0.444 e. The minimum atomic E-state index is -0.520. The normalized spacial score (nSPS) is 12.9. The van der Waals surface area contributed by atoms with Crippen LogP contribution in [0.1, 0.15) is 44.7 Å². The summed E-state index contributed by atoms with van der Waals surface area (Å²) in [6, 6.07) is 5.75. The lowest BCUT2D eigenvalue weighted by Crippen LogP contribution is -2.27. The third-order valence-electron chi connectivity index (χ3n) is 2.74. The summed E-state index contributed by atoms with van der Waals surface area (Å²) in [5, 5.41) is 11.9. The van der Waals surface area contributed by atoms with E-state index in [-0.39, 0.29) is 12.5 Å². The van der Waals surface area contributed by atoms with E-state index in [1.165, 1.54) is 0 Å². The molecular weight excluding hydrogens is 242 g/mol. The van der Waals surface area contributed by atoms with Crippen LogP contribution in [0.2, 0.25) is 0 Å². The molecule has 0 aromatic heterocycles. The topological polar surface area (TPSA) is 58.6 Å². The third-order valence-corrected chi connectivity index (χ3v) is 2.74. The molecule has 4 heteroatoms. The van der Waals surface area contributed by atoms with Crippen LogP contribution in [-0.2, 0) is 4.74 Å². The van der Waals surface area contributed by atoms with E-state index < -0.39 is 11.7 Å². The molecule has 0 saturated heterocycles. The first-order valence-electron chi connectivity index (χ1n) is 6.44. The van der Waals surface area contributed by atoms with Gasteiger partial charge < -0.3 is 9.84 Å². The summed E-state index contributed by atoms with van der Waals surface area (Å²) >= 11 is 0. The van der Waals surface area contributed by atoms with Crippen molar-refractivity contribution >= 4 is 11.8 Å².